The molecular formula is C14H21F2NS. The van der Waals surface area contributed by atoms with Gasteiger partial charge in [0.25, 0.3) is 0 Å². The number of halogens is 2. The van der Waals surface area contributed by atoms with Gasteiger partial charge in [-0.25, -0.2) is 8.78 Å². The second-order valence-corrected chi connectivity index (χ2v) is 5.97. The lowest BCUT2D eigenvalue weighted by Crippen LogP contribution is -2.36. The van der Waals surface area contributed by atoms with Crippen LogP contribution >= 0.6 is 11.3 Å². The van der Waals surface area contributed by atoms with E-state index in [2.05, 4.69) is 22.1 Å². The molecule has 1 aliphatic rings. The minimum Gasteiger partial charge on any atom is -0.314 e. The number of rotatable bonds is 6. The predicted molar refractivity (Wildman–Crippen MR) is 72.4 cm³/mol. The molecule has 0 aliphatic heterocycles. The third-order valence-electron chi connectivity index (χ3n) is 3.80. The van der Waals surface area contributed by atoms with Gasteiger partial charge in [-0.1, -0.05) is 6.92 Å². The van der Waals surface area contributed by atoms with Crippen LogP contribution < -0.4 is 5.32 Å². The van der Waals surface area contributed by atoms with Crippen LogP contribution in [0.5, 0.6) is 0 Å². The molecule has 0 spiro atoms. The van der Waals surface area contributed by atoms with Gasteiger partial charge >= 0.3 is 0 Å². The highest BCUT2D eigenvalue weighted by Crippen LogP contribution is 2.41. The lowest BCUT2D eigenvalue weighted by molar-refractivity contribution is 0.00318. The first-order valence-electron chi connectivity index (χ1n) is 6.73. The topological polar surface area (TPSA) is 12.0 Å². The van der Waals surface area contributed by atoms with Gasteiger partial charge in [0.15, 0.2) is 0 Å². The van der Waals surface area contributed by atoms with Crippen molar-refractivity contribution in [2.24, 2.45) is 5.92 Å². The van der Waals surface area contributed by atoms with Gasteiger partial charge < -0.3 is 5.32 Å². The number of hydrogen-bond acceptors (Lipinski definition) is 2. The zero-order valence-corrected chi connectivity index (χ0v) is 11.6. The zero-order chi connectivity index (χ0) is 13.0. The summed E-state index contributed by atoms with van der Waals surface area (Å²) in [5.41, 5.74) is 1.33. The van der Waals surface area contributed by atoms with Crippen LogP contribution in [0.3, 0.4) is 0 Å². The van der Waals surface area contributed by atoms with Crippen molar-refractivity contribution in [3.05, 3.63) is 22.4 Å². The highest BCUT2D eigenvalue weighted by atomic mass is 32.1. The highest BCUT2D eigenvalue weighted by molar-refractivity contribution is 7.07. The molecule has 0 radical (unpaired) electrons. The van der Waals surface area contributed by atoms with Gasteiger partial charge in [0.2, 0.25) is 5.92 Å². The van der Waals surface area contributed by atoms with Crippen LogP contribution in [0.15, 0.2) is 16.8 Å². The zero-order valence-electron chi connectivity index (χ0n) is 10.8. The van der Waals surface area contributed by atoms with Gasteiger partial charge in [0.1, 0.15) is 0 Å². The number of hydrogen-bond donors (Lipinski definition) is 1. The molecule has 0 bridgehead atoms. The number of nitrogens with one attached hydrogen (secondary N) is 1. The van der Waals surface area contributed by atoms with Crippen LogP contribution in [-0.4, -0.2) is 18.5 Å². The molecule has 1 heterocycles. The Morgan fingerprint density at radius 2 is 2.39 bits per heavy atom. The molecule has 2 atom stereocenters. The molecule has 1 saturated carbocycles. The molecule has 2 rings (SSSR count). The maximum absolute atomic E-state index is 13.3. The van der Waals surface area contributed by atoms with Gasteiger partial charge in [-0.05, 0) is 54.1 Å². The van der Waals surface area contributed by atoms with E-state index in [0.29, 0.717) is 6.42 Å². The fourth-order valence-corrected chi connectivity index (χ4v) is 3.55. The van der Waals surface area contributed by atoms with Crippen molar-refractivity contribution in [1.82, 2.24) is 5.32 Å². The van der Waals surface area contributed by atoms with E-state index in [0.717, 1.165) is 19.4 Å². The minimum atomic E-state index is -2.43. The molecule has 1 aliphatic carbocycles. The van der Waals surface area contributed by atoms with E-state index in [4.69, 9.17) is 0 Å². The molecule has 102 valence electrons. The van der Waals surface area contributed by atoms with Crippen molar-refractivity contribution < 1.29 is 8.78 Å². The van der Waals surface area contributed by atoms with Crippen LogP contribution in [0.1, 0.15) is 38.2 Å². The lowest BCUT2D eigenvalue weighted by atomic mass is 9.93. The van der Waals surface area contributed by atoms with Crippen molar-refractivity contribution in [2.75, 3.05) is 6.54 Å². The second-order valence-electron chi connectivity index (χ2n) is 5.19. The Hall–Kier alpha value is -0.480. The second kappa shape index (κ2) is 6.11. The summed E-state index contributed by atoms with van der Waals surface area (Å²) in [7, 11) is 0. The first kappa shape index (κ1) is 13.9. The molecule has 0 saturated heterocycles. The first-order valence-corrected chi connectivity index (χ1v) is 7.67. The van der Waals surface area contributed by atoms with Gasteiger partial charge in [0.05, 0.1) is 0 Å². The molecule has 2 unspecified atom stereocenters. The lowest BCUT2D eigenvalue weighted by Gasteiger charge is -2.24. The quantitative estimate of drug-likeness (QED) is 0.823. The van der Waals surface area contributed by atoms with Crippen molar-refractivity contribution in [3.8, 4) is 0 Å². The maximum atomic E-state index is 13.3. The van der Waals surface area contributed by atoms with Crippen molar-refractivity contribution >= 4 is 11.3 Å². The van der Waals surface area contributed by atoms with E-state index in [9.17, 15) is 8.78 Å². The molecule has 1 aromatic rings. The fraction of sp³-hybridized carbons (Fsp3) is 0.714. The van der Waals surface area contributed by atoms with E-state index < -0.39 is 5.92 Å². The van der Waals surface area contributed by atoms with E-state index in [1.807, 2.05) is 6.92 Å². The average Bonchev–Trinajstić information content (AvgIpc) is 2.93. The van der Waals surface area contributed by atoms with Gasteiger partial charge in [-0.3, -0.25) is 0 Å². The number of aryl methyl sites for hydroxylation is 1. The molecule has 0 amide bonds. The third kappa shape index (κ3) is 3.75. The normalized spacial score (nSPS) is 24.3. The predicted octanol–water partition coefficient (Wildman–Crippen LogP) is 4.09. The summed E-state index contributed by atoms with van der Waals surface area (Å²) in [4.78, 5) is 0. The van der Waals surface area contributed by atoms with Crippen LogP contribution in [0.4, 0.5) is 8.78 Å². The van der Waals surface area contributed by atoms with Crippen molar-refractivity contribution in [2.45, 2.75) is 51.0 Å². The number of alkyl halides is 2. The Balaban J connectivity index is 1.88. The molecule has 1 fully saturated rings. The maximum Gasteiger partial charge on any atom is 0.248 e. The molecule has 18 heavy (non-hydrogen) atoms. The van der Waals surface area contributed by atoms with Crippen LogP contribution in [0.2, 0.25) is 0 Å². The van der Waals surface area contributed by atoms with E-state index in [1.165, 1.54) is 5.56 Å². The monoisotopic (exact) mass is 273 g/mol. The standard InChI is InChI=1S/C14H21F2NS/c1-2-17-13(4-3-11-6-8-18-10-11)12-5-7-14(15,16)9-12/h6,8,10,12-13,17H,2-5,7,9H2,1H3. The summed E-state index contributed by atoms with van der Waals surface area (Å²) < 4.78 is 26.6. The summed E-state index contributed by atoms with van der Waals surface area (Å²) in [5, 5.41) is 7.61. The van der Waals surface area contributed by atoms with E-state index >= 15 is 0 Å². The van der Waals surface area contributed by atoms with Crippen LogP contribution in [0, 0.1) is 5.92 Å². The largest absolute Gasteiger partial charge is 0.314 e. The summed E-state index contributed by atoms with van der Waals surface area (Å²) in [6, 6.07) is 2.36. The Labute approximate surface area is 112 Å². The summed E-state index contributed by atoms with van der Waals surface area (Å²) in [5.74, 6) is -2.29. The summed E-state index contributed by atoms with van der Waals surface area (Å²) in [6.07, 6.45) is 2.75. The number of thiophene rings is 1. The van der Waals surface area contributed by atoms with E-state index in [-0.39, 0.29) is 24.8 Å². The SMILES string of the molecule is CCNC(CCc1ccsc1)C1CCC(F)(F)C1. The molecule has 0 aromatic carbocycles. The van der Waals surface area contributed by atoms with Crippen molar-refractivity contribution in [1.29, 1.82) is 0 Å². The van der Waals surface area contributed by atoms with Gasteiger partial charge in [-0.2, -0.15) is 11.3 Å². The van der Waals surface area contributed by atoms with Crippen molar-refractivity contribution in [3.63, 3.8) is 0 Å². The summed E-state index contributed by atoms with van der Waals surface area (Å²) in [6.45, 7) is 2.90. The smallest absolute Gasteiger partial charge is 0.248 e. The molecular weight excluding hydrogens is 252 g/mol. The summed E-state index contributed by atoms with van der Waals surface area (Å²) >= 11 is 1.70. The fourth-order valence-electron chi connectivity index (χ4n) is 2.85. The van der Waals surface area contributed by atoms with Gasteiger partial charge in [0, 0.05) is 18.9 Å². The Bertz CT molecular complexity index is 351. The van der Waals surface area contributed by atoms with Gasteiger partial charge in [-0.15, -0.1) is 0 Å². The Morgan fingerprint density at radius 1 is 1.56 bits per heavy atom. The first-order chi connectivity index (χ1) is 8.61. The Morgan fingerprint density at radius 3 is 2.94 bits per heavy atom. The van der Waals surface area contributed by atoms with Crippen LogP contribution in [-0.2, 0) is 6.42 Å². The highest BCUT2D eigenvalue weighted by Gasteiger charge is 2.42. The molecule has 4 heteroatoms. The third-order valence-corrected chi connectivity index (χ3v) is 4.53. The van der Waals surface area contributed by atoms with Crippen LogP contribution in [0.25, 0.3) is 0 Å². The molecule has 1 aromatic heterocycles. The molecule has 1 nitrogen and oxygen atoms in total. The average molecular weight is 273 g/mol. The molecule has 1 N–H and O–H groups in total. The Kier molecular flexibility index (Phi) is 4.73. The minimum absolute atomic E-state index is 0.0638. The van der Waals surface area contributed by atoms with E-state index in [1.54, 1.807) is 11.3 Å².